The Bertz CT molecular complexity index is 637. The Morgan fingerprint density at radius 3 is 2.42 bits per heavy atom. The fourth-order valence-corrected chi connectivity index (χ4v) is 3.97. The van der Waals surface area contributed by atoms with E-state index in [1.54, 1.807) is 0 Å². The van der Waals surface area contributed by atoms with Gasteiger partial charge in [-0.25, -0.2) is 8.42 Å². The molecule has 1 N–H and O–H groups in total. The Labute approximate surface area is 144 Å². The normalized spacial score (nSPS) is 16.3. The number of benzene rings is 1. The highest BCUT2D eigenvalue weighted by Gasteiger charge is 2.21. The molecule has 1 fully saturated rings. The first-order chi connectivity index (χ1) is 11.4. The molecular formula is C17H26N2O4S. The van der Waals surface area contributed by atoms with E-state index >= 15 is 0 Å². The van der Waals surface area contributed by atoms with Crippen molar-refractivity contribution in [1.82, 2.24) is 9.79 Å². The van der Waals surface area contributed by atoms with Crippen LogP contribution in [0.15, 0.2) is 29.2 Å². The summed E-state index contributed by atoms with van der Waals surface area (Å²) >= 11 is 0. The maximum atomic E-state index is 12.1. The molecule has 0 atom stereocenters. The van der Waals surface area contributed by atoms with Crippen LogP contribution < -0.4 is 5.32 Å². The number of nitrogens with one attached hydrogen (secondary N) is 1. The molecule has 1 amide bonds. The molecule has 0 spiro atoms. The standard InChI is InChI=1S/C17H26N2O4S/c1-19(23-2)24(21,22)16-10-8-15(9-11-16)17(20)18-13-12-14-6-4-3-5-7-14/h8-11,14H,3-7,12-13H2,1-2H3,(H,18,20). The van der Waals surface area contributed by atoms with Crippen LogP contribution in [0.5, 0.6) is 0 Å². The first-order valence-electron chi connectivity index (χ1n) is 8.36. The second-order valence-corrected chi connectivity index (χ2v) is 8.11. The van der Waals surface area contributed by atoms with Crippen LogP contribution in [-0.4, -0.2) is 39.5 Å². The van der Waals surface area contributed by atoms with Crippen molar-refractivity contribution >= 4 is 15.9 Å². The first kappa shape index (κ1) is 18.9. The highest BCUT2D eigenvalue weighted by molar-refractivity contribution is 7.89. The van der Waals surface area contributed by atoms with Crippen LogP contribution >= 0.6 is 0 Å². The predicted molar refractivity (Wildman–Crippen MR) is 91.9 cm³/mol. The summed E-state index contributed by atoms with van der Waals surface area (Å²) in [5.74, 6) is 0.547. The molecule has 1 aliphatic rings. The van der Waals surface area contributed by atoms with Gasteiger partial charge in [0.05, 0.1) is 12.0 Å². The Morgan fingerprint density at radius 1 is 1.21 bits per heavy atom. The summed E-state index contributed by atoms with van der Waals surface area (Å²) in [6.45, 7) is 0.663. The smallest absolute Gasteiger partial charge is 0.264 e. The second kappa shape index (κ2) is 8.60. The number of nitrogens with zero attached hydrogens (tertiary/aromatic N) is 1. The highest BCUT2D eigenvalue weighted by Crippen LogP contribution is 2.25. The van der Waals surface area contributed by atoms with Crippen molar-refractivity contribution in [2.24, 2.45) is 5.92 Å². The van der Waals surface area contributed by atoms with Crippen molar-refractivity contribution in [3.8, 4) is 0 Å². The maximum Gasteiger partial charge on any atom is 0.264 e. The van der Waals surface area contributed by atoms with Gasteiger partial charge >= 0.3 is 0 Å². The highest BCUT2D eigenvalue weighted by atomic mass is 32.2. The molecule has 2 rings (SSSR count). The molecule has 0 bridgehead atoms. The van der Waals surface area contributed by atoms with E-state index in [0.717, 1.165) is 16.8 Å². The zero-order chi connectivity index (χ0) is 17.6. The SMILES string of the molecule is CON(C)S(=O)(=O)c1ccc(C(=O)NCCC2CCCCC2)cc1. The average Bonchev–Trinajstić information content (AvgIpc) is 2.61. The lowest BCUT2D eigenvalue weighted by molar-refractivity contribution is -0.0258. The van der Waals surface area contributed by atoms with Crippen LogP contribution in [0.1, 0.15) is 48.9 Å². The van der Waals surface area contributed by atoms with Crippen LogP contribution in [0.3, 0.4) is 0 Å². The molecule has 0 saturated heterocycles. The third-order valence-corrected chi connectivity index (χ3v) is 6.27. The van der Waals surface area contributed by atoms with E-state index in [9.17, 15) is 13.2 Å². The summed E-state index contributed by atoms with van der Waals surface area (Å²) < 4.78 is 25.0. The Morgan fingerprint density at radius 2 is 1.83 bits per heavy atom. The molecule has 1 aromatic rings. The fraction of sp³-hybridized carbons (Fsp3) is 0.588. The summed E-state index contributed by atoms with van der Waals surface area (Å²) in [5.41, 5.74) is 0.456. The zero-order valence-corrected chi connectivity index (χ0v) is 15.1. The van der Waals surface area contributed by atoms with Gasteiger partial charge in [0.1, 0.15) is 0 Å². The Kier molecular flexibility index (Phi) is 6.77. The molecule has 0 aliphatic heterocycles. The topological polar surface area (TPSA) is 75.7 Å². The van der Waals surface area contributed by atoms with Crippen molar-refractivity contribution < 1.29 is 18.0 Å². The van der Waals surface area contributed by atoms with Crippen molar-refractivity contribution in [2.75, 3.05) is 20.7 Å². The molecule has 24 heavy (non-hydrogen) atoms. The van der Waals surface area contributed by atoms with E-state index in [4.69, 9.17) is 4.84 Å². The molecule has 1 saturated carbocycles. The van der Waals surface area contributed by atoms with Gasteiger partial charge in [0, 0.05) is 19.2 Å². The number of hydrogen-bond donors (Lipinski definition) is 1. The lowest BCUT2D eigenvalue weighted by Crippen LogP contribution is -2.27. The van der Waals surface area contributed by atoms with Gasteiger partial charge in [-0.05, 0) is 36.6 Å². The van der Waals surface area contributed by atoms with Crippen LogP contribution in [0.4, 0.5) is 0 Å². The number of hydrogen-bond acceptors (Lipinski definition) is 4. The molecule has 134 valence electrons. The van der Waals surface area contributed by atoms with Crippen LogP contribution in [-0.2, 0) is 14.9 Å². The third-order valence-electron chi connectivity index (χ3n) is 4.57. The van der Waals surface area contributed by atoms with Crippen LogP contribution in [0.25, 0.3) is 0 Å². The van der Waals surface area contributed by atoms with Crippen LogP contribution in [0, 0.1) is 5.92 Å². The van der Waals surface area contributed by atoms with Gasteiger partial charge in [0.15, 0.2) is 0 Å². The van der Waals surface area contributed by atoms with E-state index in [0.29, 0.717) is 12.1 Å². The fourth-order valence-electron chi connectivity index (χ4n) is 2.99. The van der Waals surface area contributed by atoms with Crippen molar-refractivity contribution in [3.63, 3.8) is 0 Å². The molecule has 0 radical (unpaired) electrons. The largest absolute Gasteiger partial charge is 0.352 e. The lowest BCUT2D eigenvalue weighted by atomic mass is 9.87. The van der Waals surface area contributed by atoms with E-state index < -0.39 is 10.0 Å². The third kappa shape index (κ3) is 4.78. The van der Waals surface area contributed by atoms with Crippen molar-refractivity contribution in [3.05, 3.63) is 29.8 Å². The van der Waals surface area contributed by atoms with Crippen molar-refractivity contribution in [2.45, 2.75) is 43.4 Å². The molecular weight excluding hydrogens is 328 g/mol. The summed E-state index contributed by atoms with van der Waals surface area (Å²) in [7, 11) is -1.08. The van der Waals surface area contributed by atoms with Gasteiger partial charge in [-0.3, -0.25) is 9.63 Å². The summed E-state index contributed by atoms with van der Waals surface area (Å²) in [6, 6.07) is 5.88. The van der Waals surface area contributed by atoms with E-state index in [-0.39, 0.29) is 10.8 Å². The second-order valence-electron chi connectivity index (χ2n) is 6.17. The van der Waals surface area contributed by atoms with Crippen molar-refractivity contribution in [1.29, 1.82) is 0 Å². The minimum Gasteiger partial charge on any atom is -0.352 e. The number of hydroxylamine groups is 1. The lowest BCUT2D eigenvalue weighted by Gasteiger charge is -2.21. The maximum absolute atomic E-state index is 12.1. The monoisotopic (exact) mass is 354 g/mol. The van der Waals surface area contributed by atoms with E-state index in [1.165, 1.54) is 70.5 Å². The van der Waals surface area contributed by atoms with Gasteiger partial charge in [-0.2, -0.15) is 0 Å². The predicted octanol–water partition coefficient (Wildman–Crippen LogP) is 2.57. The molecule has 0 heterocycles. The molecule has 0 unspecified atom stereocenters. The molecule has 7 heteroatoms. The minimum atomic E-state index is -3.68. The minimum absolute atomic E-state index is 0.0885. The number of sulfonamides is 1. The number of carbonyl (C=O) groups excluding carboxylic acids is 1. The first-order valence-corrected chi connectivity index (χ1v) is 9.80. The van der Waals surface area contributed by atoms with E-state index in [2.05, 4.69) is 5.32 Å². The summed E-state index contributed by atoms with van der Waals surface area (Å²) in [4.78, 5) is 17.0. The Hall–Kier alpha value is -1.44. The quantitative estimate of drug-likeness (QED) is 0.764. The number of amides is 1. The number of carbonyl (C=O) groups is 1. The van der Waals surface area contributed by atoms with Gasteiger partial charge in [0.25, 0.3) is 15.9 Å². The van der Waals surface area contributed by atoms with Gasteiger partial charge in [-0.1, -0.05) is 36.6 Å². The molecule has 1 aliphatic carbocycles. The molecule has 0 aromatic heterocycles. The molecule has 1 aromatic carbocycles. The van der Waals surface area contributed by atoms with Crippen LogP contribution in [0.2, 0.25) is 0 Å². The summed E-state index contributed by atoms with van der Waals surface area (Å²) in [5, 5.41) is 2.91. The zero-order valence-electron chi connectivity index (χ0n) is 14.3. The summed E-state index contributed by atoms with van der Waals surface area (Å²) in [6.07, 6.45) is 7.45. The van der Waals surface area contributed by atoms with E-state index in [1.807, 2.05) is 0 Å². The number of rotatable bonds is 7. The van der Waals surface area contributed by atoms with Gasteiger partial charge < -0.3 is 5.32 Å². The van der Waals surface area contributed by atoms with Gasteiger partial charge in [-0.15, -0.1) is 0 Å². The van der Waals surface area contributed by atoms with Gasteiger partial charge in [0.2, 0.25) is 0 Å². The average molecular weight is 354 g/mol. The molecule has 6 nitrogen and oxygen atoms in total. The Balaban J connectivity index is 1.89.